The van der Waals surface area contributed by atoms with Crippen LogP contribution in [-0.4, -0.2) is 19.9 Å². The van der Waals surface area contributed by atoms with Gasteiger partial charge in [-0.05, 0) is 0 Å². The molecule has 0 aliphatic rings. The van der Waals surface area contributed by atoms with Crippen molar-refractivity contribution in [1.29, 1.82) is 0 Å². The number of nitrogen functional groups attached to an aromatic ring is 1. The minimum Gasteiger partial charge on any atom is -0.369 e. The summed E-state index contributed by atoms with van der Waals surface area (Å²) in [5.74, 6) is 1.48. The number of imidazole rings is 1. The van der Waals surface area contributed by atoms with Crippen LogP contribution in [0.3, 0.4) is 0 Å². The van der Waals surface area contributed by atoms with Crippen molar-refractivity contribution in [2.45, 2.75) is 19.8 Å². The van der Waals surface area contributed by atoms with E-state index in [4.69, 9.17) is 5.73 Å². The number of nitrogens with one attached hydrogen (secondary N) is 1. The van der Waals surface area contributed by atoms with Crippen LogP contribution < -0.4 is 5.73 Å². The molecule has 0 aromatic carbocycles. The molecule has 0 unspecified atom stereocenters. The van der Waals surface area contributed by atoms with Gasteiger partial charge in [-0.2, -0.15) is 4.98 Å². The van der Waals surface area contributed by atoms with Crippen molar-refractivity contribution in [3.05, 3.63) is 12.0 Å². The molecule has 2 rings (SSSR count). The van der Waals surface area contributed by atoms with Gasteiger partial charge in [0, 0.05) is 5.92 Å². The molecule has 0 saturated heterocycles. The fraction of sp³-hybridized carbons (Fsp3) is 0.375. The van der Waals surface area contributed by atoms with Crippen LogP contribution in [0.1, 0.15) is 25.6 Å². The quantitative estimate of drug-likeness (QED) is 0.682. The van der Waals surface area contributed by atoms with Gasteiger partial charge in [0.05, 0.1) is 6.20 Å². The number of hydrogen-bond acceptors (Lipinski definition) is 4. The van der Waals surface area contributed by atoms with Gasteiger partial charge in [0.15, 0.2) is 11.6 Å². The first kappa shape index (κ1) is 7.97. The van der Waals surface area contributed by atoms with E-state index in [1.165, 1.54) is 0 Å². The normalized spacial score (nSPS) is 11.3. The van der Waals surface area contributed by atoms with E-state index >= 15 is 0 Å². The van der Waals surface area contributed by atoms with E-state index in [2.05, 4.69) is 19.9 Å². The summed E-state index contributed by atoms with van der Waals surface area (Å²) in [6, 6.07) is 0. The average Bonchev–Trinajstić information content (AvgIpc) is 2.42. The molecule has 2 aromatic rings. The summed E-state index contributed by atoms with van der Waals surface area (Å²) in [6.45, 7) is 4.08. The van der Waals surface area contributed by atoms with Crippen molar-refractivity contribution < 1.29 is 0 Å². The van der Waals surface area contributed by atoms with Crippen LogP contribution >= 0.6 is 0 Å². The maximum absolute atomic E-state index is 5.48. The summed E-state index contributed by atoms with van der Waals surface area (Å²) < 4.78 is 0. The average molecular weight is 177 g/mol. The van der Waals surface area contributed by atoms with Gasteiger partial charge in [0.1, 0.15) is 11.3 Å². The molecular weight excluding hydrogens is 166 g/mol. The predicted molar refractivity (Wildman–Crippen MR) is 50.2 cm³/mol. The first-order valence-corrected chi connectivity index (χ1v) is 4.15. The lowest BCUT2D eigenvalue weighted by Crippen LogP contribution is -1.96. The van der Waals surface area contributed by atoms with Crippen molar-refractivity contribution in [2.75, 3.05) is 5.73 Å². The minimum absolute atomic E-state index is 0.308. The zero-order valence-electron chi connectivity index (χ0n) is 7.57. The number of aromatic nitrogens is 4. The topological polar surface area (TPSA) is 80.5 Å². The van der Waals surface area contributed by atoms with E-state index in [0.29, 0.717) is 17.5 Å². The standard InChI is InChI=1S/C8H11N5/c1-4(2)6-10-3-5-7(12-6)13-8(9)11-5/h3-4H,1-2H3,(H3,9,10,11,12,13). The monoisotopic (exact) mass is 177 g/mol. The highest BCUT2D eigenvalue weighted by Crippen LogP contribution is 2.13. The van der Waals surface area contributed by atoms with Crippen LogP contribution in [0.5, 0.6) is 0 Å². The van der Waals surface area contributed by atoms with E-state index in [-0.39, 0.29) is 0 Å². The summed E-state index contributed by atoms with van der Waals surface area (Å²) in [6.07, 6.45) is 1.71. The van der Waals surface area contributed by atoms with Crippen molar-refractivity contribution >= 4 is 17.1 Å². The maximum atomic E-state index is 5.48. The molecular formula is C8H11N5. The second-order valence-corrected chi connectivity index (χ2v) is 3.24. The molecule has 68 valence electrons. The lowest BCUT2D eigenvalue weighted by atomic mass is 10.2. The first-order valence-electron chi connectivity index (χ1n) is 4.15. The Balaban J connectivity index is 2.61. The van der Waals surface area contributed by atoms with Gasteiger partial charge in [-0.25, -0.2) is 9.97 Å². The van der Waals surface area contributed by atoms with Crippen LogP contribution in [-0.2, 0) is 0 Å². The van der Waals surface area contributed by atoms with Crippen LogP contribution in [0.2, 0.25) is 0 Å². The Morgan fingerprint density at radius 2 is 2.15 bits per heavy atom. The summed E-state index contributed by atoms with van der Waals surface area (Å²) in [5.41, 5.74) is 6.90. The van der Waals surface area contributed by atoms with E-state index in [0.717, 1.165) is 11.3 Å². The molecule has 2 heterocycles. The third kappa shape index (κ3) is 1.32. The van der Waals surface area contributed by atoms with Gasteiger partial charge in [0.2, 0.25) is 0 Å². The van der Waals surface area contributed by atoms with E-state index < -0.39 is 0 Å². The van der Waals surface area contributed by atoms with Gasteiger partial charge in [-0.15, -0.1) is 0 Å². The molecule has 3 N–H and O–H groups in total. The molecule has 0 radical (unpaired) electrons. The molecule has 0 amide bonds. The van der Waals surface area contributed by atoms with Crippen LogP contribution in [0.15, 0.2) is 6.20 Å². The summed E-state index contributed by atoms with van der Waals surface area (Å²) in [4.78, 5) is 15.3. The Morgan fingerprint density at radius 1 is 1.38 bits per heavy atom. The highest BCUT2D eigenvalue weighted by atomic mass is 15.1. The van der Waals surface area contributed by atoms with Crippen molar-refractivity contribution in [1.82, 2.24) is 19.9 Å². The third-order valence-electron chi connectivity index (χ3n) is 1.79. The largest absolute Gasteiger partial charge is 0.369 e. The molecule has 0 saturated carbocycles. The molecule has 5 nitrogen and oxygen atoms in total. The van der Waals surface area contributed by atoms with Gasteiger partial charge in [-0.3, -0.25) is 0 Å². The Kier molecular flexibility index (Phi) is 1.65. The number of nitrogens with two attached hydrogens (primary N) is 1. The Hall–Kier alpha value is -1.65. The zero-order valence-corrected chi connectivity index (χ0v) is 7.57. The predicted octanol–water partition coefficient (Wildman–Crippen LogP) is 1.06. The van der Waals surface area contributed by atoms with E-state index in [1.807, 2.05) is 13.8 Å². The molecule has 0 spiro atoms. The highest BCUT2D eigenvalue weighted by molar-refractivity contribution is 5.71. The molecule has 0 atom stereocenters. The summed E-state index contributed by atoms with van der Waals surface area (Å²) in [7, 11) is 0. The van der Waals surface area contributed by atoms with E-state index in [1.54, 1.807) is 6.20 Å². The Morgan fingerprint density at radius 3 is 2.85 bits per heavy atom. The number of H-pyrrole nitrogens is 1. The summed E-state index contributed by atoms with van der Waals surface area (Å²) >= 11 is 0. The minimum atomic E-state index is 0.308. The highest BCUT2D eigenvalue weighted by Gasteiger charge is 2.06. The van der Waals surface area contributed by atoms with Crippen molar-refractivity contribution in [2.24, 2.45) is 0 Å². The van der Waals surface area contributed by atoms with Gasteiger partial charge >= 0.3 is 0 Å². The Labute approximate surface area is 75.4 Å². The van der Waals surface area contributed by atoms with Gasteiger partial charge in [-0.1, -0.05) is 13.8 Å². The molecule has 0 aliphatic carbocycles. The number of nitrogens with zero attached hydrogens (tertiary/aromatic N) is 3. The number of hydrogen-bond donors (Lipinski definition) is 2. The van der Waals surface area contributed by atoms with Crippen LogP contribution in [0.25, 0.3) is 11.2 Å². The van der Waals surface area contributed by atoms with E-state index in [9.17, 15) is 0 Å². The molecule has 2 aromatic heterocycles. The number of rotatable bonds is 1. The Bertz CT molecular complexity index is 431. The fourth-order valence-corrected chi connectivity index (χ4v) is 1.12. The van der Waals surface area contributed by atoms with Crippen molar-refractivity contribution in [3.8, 4) is 0 Å². The lowest BCUT2D eigenvalue weighted by Gasteiger charge is -2.00. The second-order valence-electron chi connectivity index (χ2n) is 3.24. The van der Waals surface area contributed by atoms with Crippen LogP contribution in [0.4, 0.5) is 5.95 Å². The zero-order chi connectivity index (χ0) is 9.42. The van der Waals surface area contributed by atoms with Gasteiger partial charge in [0.25, 0.3) is 0 Å². The number of anilines is 1. The smallest absolute Gasteiger partial charge is 0.200 e. The summed E-state index contributed by atoms with van der Waals surface area (Å²) in [5, 5.41) is 0. The second kappa shape index (κ2) is 2.69. The molecule has 0 fully saturated rings. The number of aromatic amines is 1. The number of fused-ring (bicyclic) bond motifs is 1. The lowest BCUT2D eigenvalue weighted by molar-refractivity contribution is 0.781. The van der Waals surface area contributed by atoms with Crippen molar-refractivity contribution in [3.63, 3.8) is 0 Å². The molecule has 0 aliphatic heterocycles. The first-order chi connectivity index (χ1) is 6.16. The SMILES string of the molecule is CC(C)c1ncc2[nH]c(N)nc2n1. The van der Waals surface area contributed by atoms with Crippen LogP contribution in [0, 0.1) is 0 Å². The van der Waals surface area contributed by atoms with Gasteiger partial charge < -0.3 is 10.7 Å². The molecule has 0 bridgehead atoms. The fourth-order valence-electron chi connectivity index (χ4n) is 1.12. The molecule has 13 heavy (non-hydrogen) atoms. The third-order valence-corrected chi connectivity index (χ3v) is 1.79. The maximum Gasteiger partial charge on any atom is 0.200 e. The molecule has 5 heteroatoms.